The van der Waals surface area contributed by atoms with Gasteiger partial charge in [-0.1, -0.05) is 6.92 Å². The Labute approximate surface area is 219 Å². The van der Waals surface area contributed by atoms with Gasteiger partial charge in [0.2, 0.25) is 19.3 Å². The van der Waals surface area contributed by atoms with E-state index in [4.69, 9.17) is 39.9 Å². The topological polar surface area (TPSA) is 258 Å². The zero-order valence-corrected chi connectivity index (χ0v) is 21.2. The van der Waals surface area contributed by atoms with Crippen molar-refractivity contribution in [3.8, 4) is 0 Å². The summed E-state index contributed by atoms with van der Waals surface area (Å²) in [6.07, 6.45) is -13.8. The molecule has 16 heteroatoms. The molecule has 3 rings (SSSR count). The lowest BCUT2D eigenvalue weighted by atomic mass is 9.89. The third-order valence-electron chi connectivity index (χ3n) is 7.19. The monoisotopic (exact) mass is 554 g/mol. The molecular weight excluding hydrogens is 514 g/mol. The molecule has 0 bridgehead atoms. The average Bonchev–Trinajstić information content (AvgIpc) is 2.90. The molecule has 3 aliphatic rings. The van der Waals surface area contributed by atoms with Crippen LogP contribution in [0.15, 0.2) is 0 Å². The van der Waals surface area contributed by atoms with Gasteiger partial charge in [0.15, 0.2) is 12.6 Å². The molecule has 38 heavy (non-hydrogen) atoms. The van der Waals surface area contributed by atoms with Crippen LogP contribution in [0, 0.1) is 13.0 Å². The molecule has 0 aromatic rings. The van der Waals surface area contributed by atoms with E-state index in [1.54, 1.807) is 6.92 Å². The fourth-order valence-corrected chi connectivity index (χ4v) is 4.90. The van der Waals surface area contributed by atoms with Crippen molar-refractivity contribution in [1.82, 2.24) is 5.32 Å². The van der Waals surface area contributed by atoms with E-state index in [2.05, 4.69) is 12.4 Å². The second-order valence-electron chi connectivity index (χ2n) is 9.76. The Morgan fingerprint density at radius 1 is 0.816 bits per heavy atom. The third-order valence-corrected chi connectivity index (χ3v) is 7.19. The summed E-state index contributed by atoms with van der Waals surface area (Å²) in [4.78, 5) is 11.8. The number of ether oxygens (including phenoxy) is 6. The summed E-state index contributed by atoms with van der Waals surface area (Å²) in [5.74, 6) is -1.05. The van der Waals surface area contributed by atoms with Crippen LogP contribution in [0.1, 0.15) is 13.8 Å². The fraction of sp³-hybridized carbons (Fsp3) is 0.909. The molecule has 15 atom stereocenters. The van der Waals surface area contributed by atoms with E-state index in [0.29, 0.717) is 0 Å². The van der Waals surface area contributed by atoms with Crippen LogP contribution in [-0.2, 0) is 33.2 Å². The van der Waals surface area contributed by atoms with Crippen LogP contribution in [0.3, 0.4) is 0 Å². The predicted molar refractivity (Wildman–Crippen MR) is 124 cm³/mol. The zero-order chi connectivity index (χ0) is 28.3. The molecule has 0 radical (unpaired) electrons. The van der Waals surface area contributed by atoms with Crippen molar-refractivity contribution in [3.05, 3.63) is 7.11 Å². The Morgan fingerprint density at radius 3 is 1.74 bits per heavy atom. The molecule has 0 aliphatic carbocycles. The number of aliphatic hydroxyl groups excluding tert-OH is 6. The number of hydrogen-bond donors (Lipinski definition) is 9. The highest BCUT2D eigenvalue weighted by Gasteiger charge is 2.53. The Kier molecular flexibility index (Phi) is 11.1. The van der Waals surface area contributed by atoms with Gasteiger partial charge >= 0.3 is 0 Å². The van der Waals surface area contributed by atoms with Crippen LogP contribution in [0.2, 0.25) is 0 Å². The van der Waals surface area contributed by atoms with Crippen LogP contribution in [-0.4, -0.2) is 142 Å². The van der Waals surface area contributed by atoms with E-state index in [0.717, 1.165) is 0 Å². The van der Waals surface area contributed by atoms with E-state index in [-0.39, 0.29) is 0 Å². The second kappa shape index (κ2) is 13.4. The minimum absolute atomic E-state index is 0.451. The number of aliphatic hydroxyl groups is 6. The van der Waals surface area contributed by atoms with Gasteiger partial charge in [0.25, 0.3) is 0 Å². The molecule has 0 saturated carbocycles. The standard InChI is InChI=1S/C22H39N3O13/c1-7-9(4-26)34-22(14(15(7)30)25-8(2)29)38-19-11(6-28)36-21(13(24)17(19)32)37-18-10(5-27)35-20(33-3)12(23)16(18)31/h7,9-22,26-28,30-32H,3-6,23-24H2,1-2H3/p+1. The van der Waals surface area contributed by atoms with Gasteiger partial charge in [0.05, 0.1) is 44.1 Å². The molecule has 3 aliphatic heterocycles. The SMILES string of the molecule is [CH2+]OC1OC(CO)C(OC2OC(CO)C(OC3OC(CO)C(C)C(O)C3NC(C)=O)C(O)C2N)C(O)C1N. The highest BCUT2D eigenvalue weighted by atomic mass is 16.7. The lowest BCUT2D eigenvalue weighted by Crippen LogP contribution is -2.69. The summed E-state index contributed by atoms with van der Waals surface area (Å²) in [7, 11) is 3.22. The smallest absolute Gasteiger partial charge is 0.225 e. The van der Waals surface area contributed by atoms with E-state index < -0.39 is 117 Å². The largest absolute Gasteiger partial charge is 0.394 e. The van der Waals surface area contributed by atoms with Gasteiger partial charge in [-0.25, -0.2) is 0 Å². The lowest BCUT2D eigenvalue weighted by Gasteiger charge is -2.49. The maximum absolute atomic E-state index is 11.8. The number of nitrogens with one attached hydrogen (secondary N) is 1. The Balaban J connectivity index is 1.77. The molecule has 220 valence electrons. The van der Waals surface area contributed by atoms with Gasteiger partial charge in [-0.15, -0.1) is 0 Å². The van der Waals surface area contributed by atoms with Crippen LogP contribution in [0.5, 0.6) is 0 Å². The number of amides is 1. The van der Waals surface area contributed by atoms with Crippen molar-refractivity contribution in [1.29, 1.82) is 0 Å². The summed E-state index contributed by atoms with van der Waals surface area (Å²) >= 11 is 0. The zero-order valence-electron chi connectivity index (χ0n) is 21.2. The summed E-state index contributed by atoms with van der Waals surface area (Å²) in [5, 5.41) is 64.3. The number of hydrogen-bond acceptors (Lipinski definition) is 15. The quantitative estimate of drug-likeness (QED) is 0.120. The molecule has 3 fully saturated rings. The van der Waals surface area contributed by atoms with E-state index in [9.17, 15) is 35.4 Å². The van der Waals surface area contributed by atoms with Crippen LogP contribution < -0.4 is 16.8 Å². The van der Waals surface area contributed by atoms with Crippen LogP contribution in [0.25, 0.3) is 0 Å². The Morgan fingerprint density at radius 2 is 1.26 bits per heavy atom. The van der Waals surface area contributed by atoms with Gasteiger partial charge in [-0.2, -0.15) is 4.74 Å². The lowest BCUT2D eigenvalue weighted by molar-refractivity contribution is -0.347. The number of carbonyl (C=O) groups excluding carboxylic acids is 1. The van der Waals surface area contributed by atoms with Gasteiger partial charge in [-0.05, 0) is 0 Å². The first-order chi connectivity index (χ1) is 18.0. The first-order valence-electron chi connectivity index (χ1n) is 12.3. The highest BCUT2D eigenvalue weighted by Crippen LogP contribution is 2.32. The van der Waals surface area contributed by atoms with Gasteiger partial charge < -0.3 is 71.1 Å². The van der Waals surface area contributed by atoms with E-state index >= 15 is 0 Å². The molecule has 16 nitrogen and oxygen atoms in total. The number of carbonyl (C=O) groups is 1. The summed E-state index contributed by atoms with van der Waals surface area (Å²) < 4.78 is 33.5. The summed E-state index contributed by atoms with van der Waals surface area (Å²) in [6, 6.07) is -3.49. The predicted octanol–water partition coefficient (Wildman–Crippen LogP) is -5.41. The molecule has 3 saturated heterocycles. The molecular formula is C22H40N3O13+. The molecule has 0 aromatic heterocycles. The first kappa shape index (κ1) is 31.3. The first-order valence-corrected chi connectivity index (χ1v) is 12.3. The molecule has 15 unspecified atom stereocenters. The normalized spacial score (nSPS) is 48.0. The summed E-state index contributed by atoms with van der Waals surface area (Å²) in [5.41, 5.74) is 12.1. The number of rotatable bonds is 9. The van der Waals surface area contributed by atoms with Crippen molar-refractivity contribution < 1.29 is 63.9 Å². The maximum Gasteiger partial charge on any atom is 0.225 e. The Hall–Kier alpha value is -1.22. The number of nitrogens with two attached hydrogens (primary N) is 2. The highest BCUT2D eigenvalue weighted by molar-refractivity contribution is 5.73. The van der Waals surface area contributed by atoms with Crippen molar-refractivity contribution in [2.45, 2.75) is 99.7 Å². The molecule has 1 amide bonds. The third kappa shape index (κ3) is 6.39. The fourth-order valence-electron chi connectivity index (χ4n) is 4.90. The molecule has 0 spiro atoms. The van der Waals surface area contributed by atoms with Crippen molar-refractivity contribution in [3.63, 3.8) is 0 Å². The van der Waals surface area contributed by atoms with Crippen molar-refractivity contribution >= 4 is 5.91 Å². The van der Waals surface area contributed by atoms with Crippen LogP contribution >= 0.6 is 0 Å². The van der Waals surface area contributed by atoms with E-state index in [1.165, 1.54) is 6.92 Å². The van der Waals surface area contributed by atoms with Gasteiger partial charge in [0, 0.05) is 12.8 Å². The van der Waals surface area contributed by atoms with Crippen molar-refractivity contribution in [2.24, 2.45) is 17.4 Å². The van der Waals surface area contributed by atoms with Gasteiger partial charge in [0.1, 0.15) is 42.7 Å². The second-order valence-corrected chi connectivity index (χ2v) is 9.76. The molecule has 3 heterocycles. The van der Waals surface area contributed by atoms with Crippen LogP contribution in [0.4, 0.5) is 0 Å². The van der Waals surface area contributed by atoms with Gasteiger partial charge in [-0.3, -0.25) is 4.79 Å². The van der Waals surface area contributed by atoms with E-state index in [1.807, 2.05) is 0 Å². The Bertz CT molecular complexity index is 764. The minimum atomic E-state index is -1.55. The summed E-state index contributed by atoms with van der Waals surface area (Å²) in [6.45, 7) is 1.14. The molecule has 11 N–H and O–H groups in total. The van der Waals surface area contributed by atoms with Crippen molar-refractivity contribution in [2.75, 3.05) is 19.8 Å². The maximum atomic E-state index is 11.8. The average molecular weight is 555 g/mol. The minimum Gasteiger partial charge on any atom is -0.394 e. The molecule has 0 aromatic carbocycles.